The molecule has 2 aliphatic rings. The summed E-state index contributed by atoms with van der Waals surface area (Å²) in [5, 5.41) is 45.5. The van der Waals surface area contributed by atoms with Crippen LogP contribution in [0.1, 0.15) is 43.2 Å². The first-order valence-corrected chi connectivity index (χ1v) is 21.9. The van der Waals surface area contributed by atoms with Crippen LogP contribution in [0.5, 0.6) is 11.5 Å². The van der Waals surface area contributed by atoms with Crippen molar-refractivity contribution < 1.29 is 28.1 Å². The van der Waals surface area contributed by atoms with E-state index in [-0.39, 0.29) is 30.5 Å². The molecule has 1 saturated carbocycles. The van der Waals surface area contributed by atoms with Crippen LogP contribution >= 0.6 is 0 Å². The van der Waals surface area contributed by atoms with Gasteiger partial charge < -0.3 is 24.6 Å². The number of nitrogens with zero attached hydrogens (tertiary/aromatic N) is 11. The standard InChI is InChI=1S/C21H22N6O2.C18H17N5O3S.C5H10O/c1-14-9-15(11-17(10-14)29-2)20-18(13-27(25-20)8-5-22)19-3-6-23-21(24-19)26-7-4-16(28)12-26;1-12-8-13(10-14(9-12)26-2)17-15(11-23(22-17)7-5-19)16-4-6-20-18(21-16)27(3,24)25;6-5-3-1-2-4-5/h3,6,9-11,13,16,28H,4,7-8,12H2,1-2H3;4,6,8-11H,7H2,1-3H3;5-6H,1-4H2/t16-;;/m0../s1. The van der Waals surface area contributed by atoms with E-state index in [9.17, 15) is 13.5 Å². The number of ether oxygens (including phenoxy) is 2. The van der Waals surface area contributed by atoms with E-state index in [2.05, 4.69) is 31.2 Å². The van der Waals surface area contributed by atoms with E-state index >= 15 is 0 Å². The zero-order valence-electron chi connectivity index (χ0n) is 35.3. The lowest BCUT2D eigenvalue weighted by Crippen LogP contribution is -2.23. The van der Waals surface area contributed by atoms with E-state index in [0.29, 0.717) is 41.6 Å². The monoisotopic (exact) mass is 859 g/mol. The second-order valence-electron chi connectivity index (χ2n) is 15.0. The molecule has 0 spiro atoms. The quantitative estimate of drug-likeness (QED) is 0.160. The molecule has 0 radical (unpaired) electrons. The van der Waals surface area contributed by atoms with Crippen molar-refractivity contribution in [2.45, 2.75) is 76.4 Å². The first-order chi connectivity index (χ1) is 29.8. The van der Waals surface area contributed by atoms with Gasteiger partial charge in [0.05, 0.1) is 50.0 Å². The van der Waals surface area contributed by atoms with Gasteiger partial charge >= 0.3 is 0 Å². The summed E-state index contributed by atoms with van der Waals surface area (Å²) in [6, 6.07) is 19.2. The molecule has 1 saturated heterocycles. The van der Waals surface area contributed by atoms with E-state index in [1.54, 1.807) is 37.4 Å². The maximum Gasteiger partial charge on any atom is 0.247 e. The minimum absolute atomic E-state index is 0.0463. The average Bonchev–Trinajstić information content (AvgIpc) is 4.09. The molecule has 1 aliphatic carbocycles. The summed E-state index contributed by atoms with van der Waals surface area (Å²) in [5.41, 5.74) is 7.55. The number of aromatic nitrogens is 8. The van der Waals surface area contributed by atoms with Crippen molar-refractivity contribution in [3.8, 4) is 68.7 Å². The first kappa shape index (κ1) is 44.8. The van der Waals surface area contributed by atoms with Gasteiger partial charge in [-0.05, 0) is 92.8 Å². The topological polar surface area (TPSA) is 231 Å². The predicted octanol–water partition coefficient (Wildman–Crippen LogP) is 5.59. The largest absolute Gasteiger partial charge is 0.497 e. The van der Waals surface area contributed by atoms with Crippen molar-refractivity contribution in [1.82, 2.24) is 39.5 Å². The van der Waals surface area contributed by atoms with Crippen LogP contribution < -0.4 is 14.4 Å². The van der Waals surface area contributed by atoms with E-state index in [1.165, 1.54) is 23.7 Å². The molecule has 6 aromatic rings. The number of rotatable bonds is 10. The van der Waals surface area contributed by atoms with Crippen LogP contribution in [0, 0.1) is 36.5 Å². The van der Waals surface area contributed by atoms with Crippen molar-refractivity contribution in [1.29, 1.82) is 10.5 Å². The number of anilines is 1. The number of aliphatic hydroxyl groups is 2. The number of nitriles is 2. The number of hydrogen-bond acceptors (Lipinski definition) is 15. The molecule has 0 bridgehead atoms. The number of aryl methyl sites for hydroxylation is 2. The third kappa shape index (κ3) is 11.3. The number of hydrogen-bond donors (Lipinski definition) is 2. The second kappa shape index (κ2) is 20.2. The summed E-state index contributed by atoms with van der Waals surface area (Å²) in [6.45, 7) is 5.38. The van der Waals surface area contributed by atoms with Gasteiger partial charge in [-0.3, -0.25) is 9.36 Å². The van der Waals surface area contributed by atoms with Gasteiger partial charge in [-0.25, -0.2) is 28.4 Å². The molecule has 5 heterocycles. The molecule has 17 nitrogen and oxygen atoms in total. The Bertz CT molecular complexity index is 2700. The Morgan fingerprint density at radius 3 is 1.69 bits per heavy atom. The Hall–Kier alpha value is -6.73. The van der Waals surface area contributed by atoms with Crippen LogP contribution in [0.2, 0.25) is 0 Å². The van der Waals surface area contributed by atoms with E-state index in [0.717, 1.165) is 70.6 Å². The molecule has 0 unspecified atom stereocenters. The molecule has 2 N–H and O–H groups in total. The molecule has 2 aromatic carbocycles. The maximum absolute atomic E-state index is 11.8. The lowest BCUT2D eigenvalue weighted by atomic mass is 10.0. The highest BCUT2D eigenvalue weighted by Gasteiger charge is 2.24. The number of aliphatic hydroxyl groups excluding tert-OH is 2. The molecule has 1 aliphatic heterocycles. The molecule has 322 valence electrons. The molecule has 1 atom stereocenters. The molecule has 8 rings (SSSR count). The van der Waals surface area contributed by atoms with Gasteiger partial charge in [-0.2, -0.15) is 20.7 Å². The minimum atomic E-state index is -3.55. The normalized spacial score (nSPS) is 14.9. The minimum Gasteiger partial charge on any atom is -0.497 e. The Balaban J connectivity index is 0.000000182. The summed E-state index contributed by atoms with van der Waals surface area (Å²) < 4.78 is 37.4. The molecule has 18 heteroatoms. The first-order valence-electron chi connectivity index (χ1n) is 20.0. The Morgan fingerprint density at radius 1 is 0.742 bits per heavy atom. The zero-order valence-corrected chi connectivity index (χ0v) is 36.1. The molecule has 2 fully saturated rings. The molecular formula is C44H49N11O6S. The van der Waals surface area contributed by atoms with Gasteiger partial charge in [-0.15, -0.1) is 0 Å². The van der Waals surface area contributed by atoms with Gasteiger partial charge in [0.25, 0.3) is 0 Å². The fourth-order valence-electron chi connectivity index (χ4n) is 7.10. The Morgan fingerprint density at radius 2 is 1.26 bits per heavy atom. The van der Waals surface area contributed by atoms with Gasteiger partial charge in [0.2, 0.25) is 20.9 Å². The zero-order chi connectivity index (χ0) is 44.4. The number of β-amino-alcohol motifs (C(OH)–C–C–N with tert-alkyl or cyclic N) is 1. The van der Waals surface area contributed by atoms with E-state index in [4.69, 9.17) is 30.1 Å². The highest BCUT2D eigenvalue weighted by molar-refractivity contribution is 7.90. The summed E-state index contributed by atoms with van der Waals surface area (Å²) in [6.07, 6.45) is 12.6. The number of benzene rings is 2. The lowest BCUT2D eigenvalue weighted by molar-refractivity contribution is 0.183. The van der Waals surface area contributed by atoms with Crippen molar-refractivity contribution >= 4 is 15.8 Å². The summed E-state index contributed by atoms with van der Waals surface area (Å²) in [7, 11) is -0.340. The second-order valence-corrected chi connectivity index (χ2v) is 16.9. The molecule has 62 heavy (non-hydrogen) atoms. The molecule has 4 aromatic heterocycles. The highest BCUT2D eigenvalue weighted by atomic mass is 32.2. The fraction of sp³-hybridized carbons (Fsp3) is 0.364. The third-order valence-corrected chi connectivity index (χ3v) is 10.9. The Kier molecular flexibility index (Phi) is 14.6. The van der Waals surface area contributed by atoms with Gasteiger partial charge in [-0.1, -0.05) is 12.8 Å². The van der Waals surface area contributed by atoms with Crippen molar-refractivity contribution in [2.24, 2.45) is 0 Å². The van der Waals surface area contributed by atoms with E-state index < -0.39 is 9.84 Å². The number of methoxy groups -OCH3 is 2. The third-order valence-electron chi connectivity index (χ3n) is 10.0. The van der Waals surface area contributed by atoms with Gasteiger partial charge in [0, 0.05) is 66.4 Å². The maximum atomic E-state index is 11.8. The van der Waals surface area contributed by atoms with Crippen molar-refractivity contribution in [3.05, 3.63) is 84.4 Å². The van der Waals surface area contributed by atoms with Gasteiger partial charge in [0.15, 0.2) is 0 Å². The molecular weight excluding hydrogens is 811 g/mol. The van der Waals surface area contributed by atoms with E-state index in [1.807, 2.05) is 73.5 Å². The van der Waals surface area contributed by atoms with Crippen molar-refractivity contribution in [2.75, 3.05) is 38.5 Å². The SMILES string of the molecule is COc1cc(C)cc(-c2nn(CC#N)cc2-c2ccnc(N3CC[C@H](O)C3)n2)c1.COc1cc(C)cc(-c2nn(CC#N)cc2-c2ccnc(S(C)(=O)=O)n2)c1.OC1CCCC1. The van der Waals surface area contributed by atoms with Crippen LogP contribution in [-0.2, 0) is 22.9 Å². The molecule has 0 amide bonds. The highest BCUT2D eigenvalue weighted by Crippen LogP contribution is 2.35. The van der Waals surface area contributed by atoms with Crippen LogP contribution in [0.4, 0.5) is 5.95 Å². The van der Waals surface area contributed by atoms with Gasteiger partial charge in [0.1, 0.15) is 36.0 Å². The fourth-order valence-corrected chi connectivity index (χ4v) is 7.62. The average molecular weight is 860 g/mol. The summed E-state index contributed by atoms with van der Waals surface area (Å²) in [5.74, 6) is 2.00. The Labute approximate surface area is 360 Å². The summed E-state index contributed by atoms with van der Waals surface area (Å²) >= 11 is 0. The van der Waals surface area contributed by atoms with Crippen LogP contribution in [0.15, 0.2) is 78.5 Å². The van der Waals surface area contributed by atoms with Crippen LogP contribution in [0.25, 0.3) is 45.0 Å². The number of sulfone groups is 1. The van der Waals surface area contributed by atoms with Crippen LogP contribution in [-0.4, -0.2) is 104 Å². The smallest absolute Gasteiger partial charge is 0.247 e. The predicted molar refractivity (Wildman–Crippen MR) is 232 cm³/mol. The summed E-state index contributed by atoms with van der Waals surface area (Å²) in [4.78, 5) is 19.1. The lowest BCUT2D eigenvalue weighted by Gasteiger charge is -2.15. The van der Waals surface area contributed by atoms with Crippen molar-refractivity contribution in [3.63, 3.8) is 0 Å². The van der Waals surface area contributed by atoms with Crippen LogP contribution in [0.3, 0.4) is 0 Å².